The van der Waals surface area contributed by atoms with Crippen molar-refractivity contribution < 1.29 is 4.79 Å². The van der Waals surface area contributed by atoms with E-state index >= 15 is 0 Å². The van der Waals surface area contributed by atoms with Gasteiger partial charge in [-0.25, -0.2) is 0 Å². The van der Waals surface area contributed by atoms with Gasteiger partial charge in [-0.1, -0.05) is 6.07 Å². The Morgan fingerprint density at radius 3 is 2.82 bits per heavy atom. The number of nitrogens with one attached hydrogen (secondary N) is 2. The molecule has 1 aliphatic carbocycles. The first-order valence-electron chi connectivity index (χ1n) is 6.05. The van der Waals surface area contributed by atoms with Crippen molar-refractivity contribution in [3.63, 3.8) is 0 Å². The molecular weight excluding hydrogens is 214 g/mol. The monoisotopic (exact) mass is 233 g/mol. The molecule has 2 rings (SSSR count). The minimum absolute atomic E-state index is 0.0612. The molecule has 2 N–H and O–H groups in total. The summed E-state index contributed by atoms with van der Waals surface area (Å²) in [6.45, 7) is 1.76. The average molecular weight is 233 g/mol. The lowest BCUT2D eigenvalue weighted by molar-refractivity contribution is -0.120. The van der Waals surface area contributed by atoms with E-state index in [0.717, 1.165) is 18.8 Å². The van der Waals surface area contributed by atoms with E-state index in [9.17, 15) is 4.79 Å². The van der Waals surface area contributed by atoms with Crippen LogP contribution in [0.2, 0.25) is 0 Å². The van der Waals surface area contributed by atoms with Crippen molar-refractivity contribution in [2.24, 2.45) is 5.41 Å². The summed E-state index contributed by atoms with van der Waals surface area (Å²) in [6, 6.07) is 5.63. The van der Waals surface area contributed by atoms with E-state index < -0.39 is 0 Å². The summed E-state index contributed by atoms with van der Waals surface area (Å²) in [5.74, 6) is 0.0612. The van der Waals surface area contributed by atoms with Crippen molar-refractivity contribution in [3.8, 4) is 0 Å². The van der Waals surface area contributed by atoms with Crippen LogP contribution in [0.25, 0.3) is 0 Å². The summed E-state index contributed by atoms with van der Waals surface area (Å²) in [7, 11) is 1.95. The first-order chi connectivity index (χ1) is 8.24. The number of hydrogen-bond acceptors (Lipinski definition) is 3. The molecule has 4 nitrogen and oxygen atoms in total. The van der Waals surface area contributed by atoms with E-state index in [0.29, 0.717) is 11.8 Å². The highest BCUT2D eigenvalue weighted by Gasteiger charge is 2.41. The van der Waals surface area contributed by atoms with Gasteiger partial charge in [-0.05, 0) is 32.0 Å². The minimum atomic E-state index is 0.0612. The molecule has 1 fully saturated rings. The van der Waals surface area contributed by atoms with Crippen LogP contribution in [0.1, 0.15) is 18.5 Å². The smallest absolute Gasteiger partial charge is 0.226 e. The molecule has 92 valence electrons. The lowest BCUT2D eigenvalue weighted by Crippen LogP contribution is -2.35. The van der Waals surface area contributed by atoms with Gasteiger partial charge < -0.3 is 10.6 Å². The average Bonchev–Trinajstić information content (AvgIpc) is 3.09. The number of carbonyl (C=O) groups is 1. The molecule has 17 heavy (non-hydrogen) atoms. The van der Waals surface area contributed by atoms with E-state index in [1.54, 1.807) is 6.20 Å². The van der Waals surface area contributed by atoms with Gasteiger partial charge in [0.1, 0.15) is 0 Å². The Kier molecular flexibility index (Phi) is 3.74. The van der Waals surface area contributed by atoms with E-state index in [4.69, 9.17) is 0 Å². The molecule has 0 aliphatic heterocycles. The number of hydrogen-bond donors (Lipinski definition) is 2. The highest BCUT2D eigenvalue weighted by Crippen LogP contribution is 2.44. The second-order valence-electron chi connectivity index (χ2n) is 4.80. The molecule has 4 heteroatoms. The quantitative estimate of drug-likeness (QED) is 0.762. The van der Waals surface area contributed by atoms with Gasteiger partial charge >= 0.3 is 0 Å². The third-order valence-electron chi connectivity index (χ3n) is 3.24. The van der Waals surface area contributed by atoms with Gasteiger partial charge in [-0.3, -0.25) is 9.78 Å². The van der Waals surface area contributed by atoms with Gasteiger partial charge in [-0.15, -0.1) is 0 Å². The molecule has 0 aromatic carbocycles. The van der Waals surface area contributed by atoms with Gasteiger partial charge in [0.2, 0.25) is 5.91 Å². The molecule has 0 saturated heterocycles. The Hall–Kier alpha value is -1.42. The zero-order valence-electron chi connectivity index (χ0n) is 10.2. The van der Waals surface area contributed by atoms with E-state index in [1.807, 2.05) is 25.2 Å². The van der Waals surface area contributed by atoms with Gasteiger partial charge in [0, 0.05) is 30.4 Å². The molecular formula is C13H19N3O. The number of carbonyl (C=O) groups excluding carboxylic acids is 1. The number of aromatic nitrogens is 1. The fourth-order valence-corrected chi connectivity index (χ4v) is 1.98. The van der Waals surface area contributed by atoms with Crippen LogP contribution < -0.4 is 10.6 Å². The van der Waals surface area contributed by atoms with Crippen molar-refractivity contribution in [2.45, 2.75) is 19.3 Å². The molecule has 1 aromatic heterocycles. The summed E-state index contributed by atoms with van der Waals surface area (Å²) in [6.07, 6.45) is 4.50. The van der Waals surface area contributed by atoms with Crippen LogP contribution in [0.5, 0.6) is 0 Å². The van der Waals surface area contributed by atoms with Crippen LogP contribution in [0.3, 0.4) is 0 Å². The molecule has 0 bridgehead atoms. The zero-order chi connectivity index (χ0) is 12.1. The van der Waals surface area contributed by atoms with Crippen LogP contribution in [-0.2, 0) is 11.2 Å². The number of amides is 1. The molecule has 0 unspecified atom stereocenters. The Balaban J connectivity index is 1.75. The highest BCUT2D eigenvalue weighted by molar-refractivity contribution is 5.78. The third kappa shape index (κ3) is 3.53. The van der Waals surface area contributed by atoms with E-state index in [-0.39, 0.29) is 5.91 Å². The standard InChI is InChI=1S/C13H19N3O/c1-14-9-13(5-6-13)10-16-12(17)8-11-4-2-3-7-15-11/h2-4,7,14H,5-6,8-10H2,1H3,(H,16,17). The largest absolute Gasteiger partial charge is 0.355 e. The lowest BCUT2D eigenvalue weighted by Gasteiger charge is -2.15. The summed E-state index contributed by atoms with van der Waals surface area (Å²) in [4.78, 5) is 15.9. The SMILES string of the molecule is CNCC1(CNC(=O)Cc2ccccn2)CC1. The van der Waals surface area contributed by atoms with Crippen LogP contribution in [-0.4, -0.2) is 31.0 Å². The Morgan fingerprint density at radius 2 is 2.24 bits per heavy atom. The predicted octanol–water partition coefficient (Wildman–Crippen LogP) is 0.740. The maximum Gasteiger partial charge on any atom is 0.226 e. The summed E-state index contributed by atoms with van der Waals surface area (Å²) >= 11 is 0. The minimum Gasteiger partial charge on any atom is -0.355 e. The Bertz CT molecular complexity index is 374. The van der Waals surface area contributed by atoms with Crippen LogP contribution >= 0.6 is 0 Å². The summed E-state index contributed by atoms with van der Waals surface area (Å²) < 4.78 is 0. The second kappa shape index (κ2) is 5.27. The fraction of sp³-hybridized carbons (Fsp3) is 0.538. The van der Waals surface area contributed by atoms with E-state index in [1.165, 1.54) is 12.8 Å². The third-order valence-corrected chi connectivity index (χ3v) is 3.24. The molecule has 0 atom stereocenters. The van der Waals surface area contributed by atoms with Gasteiger partial charge in [0.25, 0.3) is 0 Å². The molecule has 1 heterocycles. The zero-order valence-corrected chi connectivity index (χ0v) is 10.2. The maximum absolute atomic E-state index is 11.7. The van der Waals surface area contributed by atoms with Gasteiger partial charge in [0.15, 0.2) is 0 Å². The molecule has 1 saturated carbocycles. The maximum atomic E-state index is 11.7. The van der Waals surface area contributed by atoms with Crippen LogP contribution in [0.15, 0.2) is 24.4 Å². The Labute approximate surface area is 102 Å². The van der Waals surface area contributed by atoms with Crippen molar-refractivity contribution in [3.05, 3.63) is 30.1 Å². The summed E-state index contributed by atoms with van der Waals surface area (Å²) in [5.41, 5.74) is 1.14. The van der Waals surface area contributed by atoms with Crippen molar-refractivity contribution in [2.75, 3.05) is 20.1 Å². The van der Waals surface area contributed by atoms with Crippen molar-refractivity contribution >= 4 is 5.91 Å². The van der Waals surface area contributed by atoms with Crippen molar-refractivity contribution in [1.29, 1.82) is 0 Å². The first kappa shape index (κ1) is 12.0. The molecule has 1 aromatic rings. The lowest BCUT2D eigenvalue weighted by atomic mass is 10.1. The predicted molar refractivity (Wildman–Crippen MR) is 66.5 cm³/mol. The first-order valence-corrected chi connectivity index (χ1v) is 6.05. The van der Waals surface area contributed by atoms with E-state index in [2.05, 4.69) is 15.6 Å². The second-order valence-corrected chi connectivity index (χ2v) is 4.80. The number of rotatable bonds is 6. The Morgan fingerprint density at radius 1 is 1.41 bits per heavy atom. The molecule has 0 radical (unpaired) electrons. The van der Waals surface area contributed by atoms with Crippen LogP contribution in [0, 0.1) is 5.41 Å². The fourth-order valence-electron chi connectivity index (χ4n) is 1.98. The topological polar surface area (TPSA) is 54.0 Å². The van der Waals surface area contributed by atoms with Gasteiger partial charge in [-0.2, -0.15) is 0 Å². The molecule has 1 aliphatic rings. The van der Waals surface area contributed by atoms with Crippen molar-refractivity contribution in [1.82, 2.24) is 15.6 Å². The highest BCUT2D eigenvalue weighted by atomic mass is 16.1. The summed E-state index contributed by atoms with van der Waals surface area (Å²) in [5, 5.41) is 6.18. The normalized spacial score (nSPS) is 16.5. The van der Waals surface area contributed by atoms with Gasteiger partial charge in [0.05, 0.1) is 6.42 Å². The van der Waals surface area contributed by atoms with Crippen LogP contribution in [0.4, 0.5) is 0 Å². The molecule has 1 amide bonds. The molecule has 0 spiro atoms. The number of nitrogens with zero attached hydrogens (tertiary/aromatic N) is 1. The number of pyridine rings is 1.